The van der Waals surface area contributed by atoms with Crippen LogP contribution in [0.2, 0.25) is 0 Å². The standard InChI is InChI=1S/C7H8N4O3/c8-6(12)4-14-11-7(13)5-3-9-1-2-10-5/h1-3H,4H2,(H2,8,12)(H,11,13). The molecule has 0 bridgehead atoms. The first-order valence-corrected chi connectivity index (χ1v) is 3.66. The fourth-order valence-electron chi connectivity index (χ4n) is 0.641. The maximum absolute atomic E-state index is 11.1. The van der Waals surface area contributed by atoms with Crippen LogP contribution < -0.4 is 11.2 Å². The van der Waals surface area contributed by atoms with E-state index in [-0.39, 0.29) is 12.3 Å². The van der Waals surface area contributed by atoms with Crippen molar-refractivity contribution < 1.29 is 14.4 Å². The highest BCUT2D eigenvalue weighted by atomic mass is 16.7. The lowest BCUT2D eigenvalue weighted by Crippen LogP contribution is -2.29. The highest BCUT2D eigenvalue weighted by Crippen LogP contribution is 1.88. The molecule has 0 unspecified atom stereocenters. The topological polar surface area (TPSA) is 107 Å². The lowest BCUT2D eigenvalue weighted by Gasteiger charge is -2.01. The molecule has 74 valence electrons. The minimum atomic E-state index is -0.676. The first-order chi connectivity index (χ1) is 6.70. The number of hydroxylamine groups is 1. The summed E-state index contributed by atoms with van der Waals surface area (Å²) in [6.45, 7) is -0.383. The minimum absolute atomic E-state index is 0.0944. The first-order valence-electron chi connectivity index (χ1n) is 3.66. The summed E-state index contributed by atoms with van der Waals surface area (Å²) in [7, 11) is 0. The summed E-state index contributed by atoms with van der Waals surface area (Å²) in [5, 5.41) is 0. The van der Waals surface area contributed by atoms with Gasteiger partial charge in [-0.1, -0.05) is 0 Å². The molecular weight excluding hydrogens is 188 g/mol. The zero-order chi connectivity index (χ0) is 10.4. The second-order valence-electron chi connectivity index (χ2n) is 2.28. The number of aromatic nitrogens is 2. The summed E-state index contributed by atoms with van der Waals surface area (Å²) in [6.07, 6.45) is 4.06. The SMILES string of the molecule is NC(=O)CONC(=O)c1cnccn1. The maximum atomic E-state index is 11.1. The number of hydrogen-bond donors (Lipinski definition) is 2. The van der Waals surface area contributed by atoms with Gasteiger partial charge in [0.25, 0.3) is 5.91 Å². The van der Waals surface area contributed by atoms with Gasteiger partial charge in [0.1, 0.15) is 5.69 Å². The zero-order valence-electron chi connectivity index (χ0n) is 7.14. The van der Waals surface area contributed by atoms with Gasteiger partial charge in [0, 0.05) is 12.4 Å². The fourth-order valence-corrected chi connectivity index (χ4v) is 0.641. The number of nitrogens with one attached hydrogen (secondary N) is 1. The molecule has 14 heavy (non-hydrogen) atoms. The largest absolute Gasteiger partial charge is 0.368 e. The summed E-state index contributed by atoms with van der Waals surface area (Å²) in [5.41, 5.74) is 6.86. The van der Waals surface area contributed by atoms with Crippen molar-refractivity contribution in [3.05, 3.63) is 24.3 Å². The van der Waals surface area contributed by atoms with Crippen molar-refractivity contribution in [3.8, 4) is 0 Å². The maximum Gasteiger partial charge on any atom is 0.295 e. The quantitative estimate of drug-likeness (QED) is 0.577. The lowest BCUT2D eigenvalue weighted by atomic mass is 10.4. The van der Waals surface area contributed by atoms with E-state index >= 15 is 0 Å². The predicted molar refractivity (Wildman–Crippen MR) is 44.6 cm³/mol. The Kier molecular flexibility index (Phi) is 3.50. The third-order valence-corrected chi connectivity index (χ3v) is 1.18. The average Bonchev–Trinajstić information content (AvgIpc) is 2.18. The van der Waals surface area contributed by atoms with E-state index < -0.39 is 11.8 Å². The fraction of sp³-hybridized carbons (Fsp3) is 0.143. The smallest absolute Gasteiger partial charge is 0.295 e. The molecule has 1 aromatic heterocycles. The molecule has 0 saturated heterocycles. The molecule has 0 saturated carbocycles. The Morgan fingerprint density at radius 2 is 2.29 bits per heavy atom. The van der Waals surface area contributed by atoms with E-state index in [0.29, 0.717) is 0 Å². The van der Waals surface area contributed by atoms with Crippen LogP contribution in [0.1, 0.15) is 10.5 Å². The second kappa shape index (κ2) is 4.87. The third kappa shape index (κ3) is 3.15. The van der Waals surface area contributed by atoms with E-state index in [9.17, 15) is 9.59 Å². The molecule has 2 amide bonds. The summed E-state index contributed by atoms with van der Waals surface area (Å²) in [6, 6.07) is 0. The molecule has 0 fully saturated rings. The molecular formula is C7H8N4O3. The Morgan fingerprint density at radius 3 is 2.86 bits per heavy atom. The summed E-state index contributed by atoms with van der Waals surface area (Å²) < 4.78 is 0. The highest BCUT2D eigenvalue weighted by molar-refractivity contribution is 5.91. The molecule has 0 aliphatic carbocycles. The van der Waals surface area contributed by atoms with Crippen LogP contribution in [0.25, 0.3) is 0 Å². The van der Waals surface area contributed by atoms with Crippen molar-refractivity contribution in [1.82, 2.24) is 15.4 Å². The third-order valence-electron chi connectivity index (χ3n) is 1.18. The van der Waals surface area contributed by atoms with Gasteiger partial charge in [0.2, 0.25) is 5.91 Å². The Labute approximate surface area is 79.2 Å². The van der Waals surface area contributed by atoms with Crippen LogP contribution in [-0.2, 0) is 9.63 Å². The first kappa shape index (κ1) is 10.1. The van der Waals surface area contributed by atoms with Crippen molar-refractivity contribution in [3.63, 3.8) is 0 Å². The van der Waals surface area contributed by atoms with E-state index in [4.69, 9.17) is 5.73 Å². The van der Waals surface area contributed by atoms with Crippen LogP contribution in [0, 0.1) is 0 Å². The van der Waals surface area contributed by atoms with Gasteiger partial charge in [-0.3, -0.25) is 19.4 Å². The summed E-state index contributed by atoms with van der Waals surface area (Å²) in [5.74, 6) is -1.26. The zero-order valence-corrected chi connectivity index (χ0v) is 7.14. The van der Waals surface area contributed by atoms with Crippen molar-refractivity contribution in [2.24, 2.45) is 5.73 Å². The number of carbonyl (C=O) groups is 2. The summed E-state index contributed by atoms with van der Waals surface area (Å²) in [4.78, 5) is 33.2. The van der Waals surface area contributed by atoms with E-state index in [2.05, 4.69) is 14.8 Å². The van der Waals surface area contributed by atoms with Gasteiger partial charge >= 0.3 is 0 Å². The lowest BCUT2D eigenvalue weighted by molar-refractivity contribution is -0.124. The number of hydrogen-bond acceptors (Lipinski definition) is 5. The van der Waals surface area contributed by atoms with Gasteiger partial charge in [-0.15, -0.1) is 0 Å². The van der Waals surface area contributed by atoms with Gasteiger partial charge < -0.3 is 5.73 Å². The number of primary amides is 1. The van der Waals surface area contributed by atoms with Crippen molar-refractivity contribution >= 4 is 11.8 Å². The van der Waals surface area contributed by atoms with Crippen molar-refractivity contribution in [1.29, 1.82) is 0 Å². The van der Waals surface area contributed by atoms with Gasteiger partial charge in [-0.25, -0.2) is 10.5 Å². The monoisotopic (exact) mass is 196 g/mol. The van der Waals surface area contributed by atoms with Crippen LogP contribution >= 0.6 is 0 Å². The molecule has 1 aromatic rings. The molecule has 3 N–H and O–H groups in total. The molecule has 0 radical (unpaired) electrons. The second-order valence-corrected chi connectivity index (χ2v) is 2.28. The Hall–Kier alpha value is -2.02. The van der Waals surface area contributed by atoms with Crippen LogP contribution in [0.15, 0.2) is 18.6 Å². The van der Waals surface area contributed by atoms with Crippen LogP contribution in [0.3, 0.4) is 0 Å². The van der Waals surface area contributed by atoms with E-state index in [0.717, 1.165) is 0 Å². The molecule has 0 atom stereocenters. The van der Waals surface area contributed by atoms with Gasteiger partial charge in [0.05, 0.1) is 6.20 Å². The molecule has 7 heteroatoms. The Balaban J connectivity index is 2.40. The number of amides is 2. The number of carbonyl (C=O) groups excluding carboxylic acids is 2. The predicted octanol–water partition coefficient (Wildman–Crippen LogP) is -1.38. The average molecular weight is 196 g/mol. The van der Waals surface area contributed by atoms with E-state index in [1.54, 1.807) is 0 Å². The number of nitrogens with two attached hydrogens (primary N) is 1. The van der Waals surface area contributed by atoms with Crippen molar-refractivity contribution in [2.45, 2.75) is 0 Å². The van der Waals surface area contributed by atoms with Gasteiger partial charge in [-0.05, 0) is 0 Å². The van der Waals surface area contributed by atoms with Crippen LogP contribution in [0.5, 0.6) is 0 Å². The molecule has 0 aliphatic rings. The molecule has 0 aliphatic heterocycles. The minimum Gasteiger partial charge on any atom is -0.368 e. The molecule has 0 spiro atoms. The molecule has 1 rings (SSSR count). The van der Waals surface area contributed by atoms with Gasteiger partial charge in [-0.2, -0.15) is 0 Å². The van der Waals surface area contributed by atoms with Crippen LogP contribution in [0.4, 0.5) is 0 Å². The summed E-state index contributed by atoms with van der Waals surface area (Å²) >= 11 is 0. The molecule has 0 aromatic carbocycles. The normalized spacial score (nSPS) is 9.43. The van der Waals surface area contributed by atoms with E-state index in [1.807, 2.05) is 5.48 Å². The van der Waals surface area contributed by atoms with Crippen molar-refractivity contribution in [2.75, 3.05) is 6.61 Å². The van der Waals surface area contributed by atoms with Crippen LogP contribution in [-0.4, -0.2) is 28.4 Å². The van der Waals surface area contributed by atoms with E-state index in [1.165, 1.54) is 18.6 Å². The Bertz CT molecular complexity index is 327. The van der Waals surface area contributed by atoms with Gasteiger partial charge in [0.15, 0.2) is 6.61 Å². The molecule has 1 heterocycles. The highest BCUT2D eigenvalue weighted by Gasteiger charge is 2.06. The number of nitrogens with zero attached hydrogens (tertiary/aromatic N) is 2. The number of rotatable bonds is 4. The Morgan fingerprint density at radius 1 is 1.50 bits per heavy atom. The molecule has 7 nitrogen and oxygen atoms in total.